The first kappa shape index (κ1) is 15.5. The highest BCUT2D eigenvalue weighted by Crippen LogP contribution is 2.38. The van der Waals surface area contributed by atoms with E-state index in [1.807, 2.05) is 23.7 Å². The molecule has 124 valence electrons. The lowest BCUT2D eigenvalue weighted by Gasteiger charge is -2.12. The second-order valence-corrected chi connectivity index (χ2v) is 7.02. The number of halogens is 1. The monoisotopic (exact) mass is 406 g/mol. The molecule has 0 fully saturated rings. The molecule has 1 N–H and O–H groups in total. The lowest BCUT2D eigenvalue weighted by molar-refractivity contribution is 0.296. The van der Waals surface area contributed by atoms with E-state index in [2.05, 4.69) is 31.3 Å². The van der Waals surface area contributed by atoms with Gasteiger partial charge >= 0.3 is 0 Å². The van der Waals surface area contributed by atoms with E-state index in [9.17, 15) is 0 Å². The zero-order chi connectivity index (χ0) is 16.4. The van der Waals surface area contributed by atoms with Crippen LogP contribution < -0.4 is 14.8 Å². The Bertz CT molecular complexity index is 835. The SMILES string of the molecule is Brc1cc(CNc2cnn(-c3nccs3)c2)cc2c1OCCCO2. The number of nitrogens with one attached hydrogen (secondary N) is 1. The van der Waals surface area contributed by atoms with Crippen molar-refractivity contribution in [2.45, 2.75) is 13.0 Å². The summed E-state index contributed by atoms with van der Waals surface area (Å²) < 4.78 is 14.2. The molecule has 1 aliphatic rings. The molecule has 0 saturated heterocycles. The Morgan fingerprint density at radius 3 is 3.08 bits per heavy atom. The van der Waals surface area contributed by atoms with Gasteiger partial charge in [0.2, 0.25) is 5.13 Å². The zero-order valence-electron chi connectivity index (χ0n) is 12.7. The highest BCUT2D eigenvalue weighted by Gasteiger charge is 2.15. The molecular weight excluding hydrogens is 392 g/mol. The Hall–Kier alpha value is -2.06. The van der Waals surface area contributed by atoms with E-state index >= 15 is 0 Å². The second kappa shape index (κ2) is 6.82. The highest BCUT2D eigenvalue weighted by molar-refractivity contribution is 9.10. The molecular formula is C16H15BrN4O2S. The van der Waals surface area contributed by atoms with Crippen LogP contribution in [-0.2, 0) is 6.54 Å². The van der Waals surface area contributed by atoms with Gasteiger partial charge in [-0.2, -0.15) is 5.10 Å². The molecule has 1 aromatic carbocycles. The van der Waals surface area contributed by atoms with Crippen molar-refractivity contribution in [2.75, 3.05) is 18.5 Å². The van der Waals surface area contributed by atoms with Crippen LogP contribution in [0.2, 0.25) is 0 Å². The van der Waals surface area contributed by atoms with Crippen molar-refractivity contribution in [3.05, 3.63) is 46.1 Å². The van der Waals surface area contributed by atoms with Gasteiger partial charge in [-0.3, -0.25) is 0 Å². The average Bonchev–Trinajstić information content (AvgIpc) is 3.21. The molecule has 0 atom stereocenters. The van der Waals surface area contributed by atoms with Crippen molar-refractivity contribution >= 4 is 33.0 Å². The summed E-state index contributed by atoms with van der Waals surface area (Å²) in [6.07, 6.45) is 6.38. The summed E-state index contributed by atoms with van der Waals surface area (Å²) in [6, 6.07) is 4.06. The molecule has 0 unspecified atom stereocenters. The molecule has 0 radical (unpaired) electrons. The maximum absolute atomic E-state index is 5.77. The quantitative estimate of drug-likeness (QED) is 0.712. The largest absolute Gasteiger partial charge is 0.490 e. The van der Waals surface area contributed by atoms with Crippen LogP contribution in [0.15, 0.2) is 40.6 Å². The number of ether oxygens (including phenoxy) is 2. The first-order valence-electron chi connectivity index (χ1n) is 7.56. The molecule has 24 heavy (non-hydrogen) atoms. The Labute approximate surface area is 151 Å². The molecule has 6 nitrogen and oxygen atoms in total. The van der Waals surface area contributed by atoms with Crippen molar-refractivity contribution in [1.29, 1.82) is 0 Å². The number of aromatic nitrogens is 3. The summed E-state index contributed by atoms with van der Waals surface area (Å²) >= 11 is 5.12. The summed E-state index contributed by atoms with van der Waals surface area (Å²) in [6.45, 7) is 2.02. The molecule has 0 aliphatic carbocycles. The number of hydrogen-bond donors (Lipinski definition) is 1. The molecule has 2 aromatic heterocycles. The van der Waals surface area contributed by atoms with Crippen LogP contribution >= 0.6 is 27.3 Å². The van der Waals surface area contributed by atoms with E-state index in [-0.39, 0.29) is 0 Å². The molecule has 0 bridgehead atoms. The van der Waals surface area contributed by atoms with Crippen LogP contribution in [0.4, 0.5) is 5.69 Å². The van der Waals surface area contributed by atoms with Gasteiger partial charge in [-0.1, -0.05) is 0 Å². The summed E-state index contributed by atoms with van der Waals surface area (Å²) in [5.41, 5.74) is 2.04. The lowest BCUT2D eigenvalue weighted by Crippen LogP contribution is -2.00. The van der Waals surface area contributed by atoms with Crippen molar-refractivity contribution in [3.8, 4) is 16.6 Å². The highest BCUT2D eigenvalue weighted by atomic mass is 79.9. The molecule has 0 amide bonds. The zero-order valence-corrected chi connectivity index (χ0v) is 15.1. The van der Waals surface area contributed by atoms with Crippen molar-refractivity contribution in [2.24, 2.45) is 0 Å². The third-order valence-corrected chi connectivity index (χ3v) is 4.91. The fourth-order valence-corrected chi connectivity index (χ4v) is 3.62. The minimum absolute atomic E-state index is 0.665. The van der Waals surface area contributed by atoms with Crippen LogP contribution in [0, 0.1) is 0 Å². The van der Waals surface area contributed by atoms with Gasteiger partial charge in [0.05, 0.1) is 35.8 Å². The number of benzene rings is 1. The van der Waals surface area contributed by atoms with Gasteiger partial charge in [0, 0.05) is 24.5 Å². The van der Waals surface area contributed by atoms with Crippen molar-refractivity contribution in [3.63, 3.8) is 0 Å². The Morgan fingerprint density at radius 1 is 1.29 bits per heavy atom. The third-order valence-electron chi connectivity index (χ3n) is 3.56. The molecule has 3 heterocycles. The Balaban J connectivity index is 1.48. The standard InChI is InChI=1S/C16H15BrN4O2S/c17-13-6-11(7-14-15(13)23-4-1-3-22-14)8-19-12-9-20-21(10-12)16-18-2-5-24-16/h2,5-7,9-10,19H,1,3-4,8H2. The van der Waals surface area contributed by atoms with Crippen molar-refractivity contribution < 1.29 is 9.47 Å². The summed E-state index contributed by atoms with van der Waals surface area (Å²) in [7, 11) is 0. The van der Waals surface area contributed by atoms with E-state index < -0.39 is 0 Å². The van der Waals surface area contributed by atoms with Gasteiger partial charge in [-0.05, 0) is 33.6 Å². The first-order chi connectivity index (χ1) is 11.8. The minimum Gasteiger partial charge on any atom is -0.490 e. The van der Waals surface area contributed by atoms with Crippen LogP contribution in [0.3, 0.4) is 0 Å². The fourth-order valence-electron chi connectivity index (χ4n) is 2.44. The van der Waals surface area contributed by atoms with Crippen LogP contribution in [0.1, 0.15) is 12.0 Å². The van der Waals surface area contributed by atoms with E-state index in [1.54, 1.807) is 28.4 Å². The van der Waals surface area contributed by atoms with Crippen LogP contribution in [0.25, 0.3) is 5.13 Å². The van der Waals surface area contributed by atoms with Crippen LogP contribution in [-0.4, -0.2) is 28.0 Å². The lowest BCUT2D eigenvalue weighted by atomic mass is 10.2. The van der Waals surface area contributed by atoms with E-state index in [0.29, 0.717) is 19.8 Å². The van der Waals surface area contributed by atoms with Gasteiger partial charge in [-0.15, -0.1) is 11.3 Å². The summed E-state index contributed by atoms with van der Waals surface area (Å²) in [4.78, 5) is 4.24. The predicted molar refractivity (Wildman–Crippen MR) is 96.3 cm³/mol. The number of fused-ring (bicyclic) bond motifs is 1. The molecule has 3 aromatic rings. The molecule has 8 heteroatoms. The van der Waals surface area contributed by atoms with E-state index in [0.717, 1.165) is 38.8 Å². The predicted octanol–water partition coefficient (Wildman–Crippen LogP) is 3.86. The topological polar surface area (TPSA) is 61.2 Å². The summed E-state index contributed by atoms with van der Waals surface area (Å²) in [5.74, 6) is 1.57. The van der Waals surface area contributed by atoms with Gasteiger partial charge in [0.15, 0.2) is 11.5 Å². The second-order valence-electron chi connectivity index (χ2n) is 5.30. The molecule has 0 spiro atoms. The first-order valence-corrected chi connectivity index (χ1v) is 9.23. The van der Waals surface area contributed by atoms with E-state index in [1.165, 1.54) is 0 Å². The number of hydrogen-bond acceptors (Lipinski definition) is 6. The number of thiazole rings is 1. The number of rotatable bonds is 4. The average molecular weight is 407 g/mol. The number of anilines is 1. The van der Waals surface area contributed by atoms with Gasteiger partial charge in [-0.25, -0.2) is 9.67 Å². The Kier molecular flexibility index (Phi) is 4.40. The van der Waals surface area contributed by atoms with Crippen LogP contribution in [0.5, 0.6) is 11.5 Å². The van der Waals surface area contributed by atoms with Gasteiger partial charge < -0.3 is 14.8 Å². The summed E-state index contributed by atoms with van der Waals surface area (Å²) in [5, 5.41) is 10.5. The third kappa shape index (κ3) is 3.25. The normalized spacial score (nSPS) is 13.5. The van der Waals surface area contributed by atoms with Crippen molar-refractivity contribution in [1.82, 2.24) is 14.8 Å². The Morgan fingerprint density at radius 2 is 2.21 bits per heavy atom. The maximum Gasteiger partial charge on any atom is 0.210 e. The van der Waals surface area contributed by atoms with E-state index in [4.69, 9.17) is 9.47 Å². The number of nitrogens with zero attached hydrogens (tertiary/aromatic N) is 3. The van der Waals surface area contributed by atoms with Gasteiger partial charge in [0.25, 0.3) is 0 Å². The minimum atomic E-state index is 0.665. The maximum atomic E-state index is 5.77. The molecule has 4 rings (SSSR count). The smallest absolute Gasteiger partial charge is 0.210 e. The molecule has 0 saturated carbocycles. The fraction of sp³-hybridized carbons (Fsp3) is 0.250. The molecule has 1 aliphatic heterocycles. The van der Waals surface area contributed by atoms with Gasteiger partial charge in [0.1, 0.15) is 0 Å².